The molecule has 196 valence electrons. The molecule has 1 aromatic heterocycles. The van der Waals surface area contributed by atoms with E-state index >= 15 is 0 Å². The van der Waals surface area contributed by atoms with Gasteiger partial charge in [0.15, 0.2) is 0 Å². The molecule has 1 aromatic carbocycles. The van der Waals surface area contributed by atoms with E-state index in [1.54, 1.807) is 12.1 Å². The predicted molar refractivity (Wildman–Crippen MR) is 133 cm³/mol. The fraction of sp³-hybridized carbons (Fsp3) is 0.400. The first-order chi connectivity index (χ1) is 17.6. The van der Waals surface area contributed by atoms with Crippen molar-refractivity contribution in [3.63, 3.8) is 0 Å². The number of carbonyl (C=O) groups is 4. The van der Waals surface area contributed by atoms with Gasteiger partial charge in [0.05, 0.1) is 17.7 Å². The summed E-state index contributed by atoms with van der Waals surface area (Å²) in [5.74, 6) is -3.86. The lowest BCUT2D eigenvalue weighted by Gasteiger charge is -2.28. The molecule has 2 aromatic rings. The number of amides is 2. The third-order valence-corrected chi connectivity index (χ3v) is 5.42. The van der Waals surface area contributed by atoms with E-state index in [9.17, 15) is 24.3 Å². The number of aromatic nitrogens is 1. The minimum absolute atomic E-state index is 0.00825. The van der Waals surface area contributed by atoms with Gasteiger partial charge in [0.2, 0.25) is 5.91 Å². The lowest BCUT2D eigenvalue weighted by molar-refractivity contribution is -0.153. The van der Waals surface area contributed by atoms with Gasteiger partial charge < -0.3 is 29.8 Å². The van der Waals surface area contributed by atoms with Crippen LogP contribution >= 0.6 is 0 Å². The number of hydrogen-bond donors (Lipinski definition) is 3. The average molecular weight is 511 g/mol. The molecule has 0 bridgehead atoms. The summed E-state index contributed by atoms with van der Waals surface area (Å²) in [6.45, 7) is 4.22. The molecule has 0 aliphatic carbocycles. The predicted octanol–water partition coefficient (Wildman–Crippen LogP) is 0.903. The molecule has 37 heavy (non-hydrogen) atoms. The van der Waals surface area contributed by atoms with Gasteiger partial charge in [-0.25, -0.2) is 4.98 Å². The first kappa shape index (κ1) is 27.8. The van der Waals surface area contributed by atoms with E-state index in [0.29, 0.717) is 5.69 Å². The minimum Gasteiger partial charge on any atom is -0.496 e. The standard InChI is InChI=1S/C25H30BN3O8/c1-15(2)12-20(26-36-21(31)13-35-14-22(32)37-26)28-25(34)23(16(3)30)29-24(33)19-11-7-10-18(27-19)17-8-5-4-6-9-17/h4-11,15-16,20,23,30H,12-14H2,1-3H3,(H,28,34)(H,29,33)/t16-,20+,23+/m1/s1. The molecule has 0 saturated carbocycles. The van der Waals surface area contributed by atoms with Crippen molar-refractivity contribution in [2.24, 2.45) is 5.92 Å². The summed E-state index contributed by atoms with van der Waals surface area (Å²) < 4.78 is 15.2. The molecule has 1 aliphatic rings. The lowest BCUT2D eigenvalue weighted by Crippen LogP contribution is -2.59. The number of hydrogen-bond acceptors (Lipinski definition) is 9. The Balaban J connectivity index is 1.76. The smallest absolute Gasteiger partial charge is 0.496 e. The molecular weight excluding hydrogens is 481 g/mol. The number of aliphatic hydroxyl groups is 1. The maximum atomic E-state index is 13.2. The quantitative estimate of drug-likeness (QED) is 0.417. The number of benzene rings is 1. The van der Waals surface area contributed by atoms with Gasteiger partial charge in [0.1, 0.15) is 24.9 Å². The molecule has 1 saturated heterocycles. The molecule has 0 radical (unpaired) electrons. The second-order valence-electron chi connectivity index (χ2n) is 9.05. The van der Waals surface area contributed by atoms with Crippen molar-refractivity contribution in [2.45, 2.75) is 45.3 Å². The van der Waals surface area contributed by atoms with Crippen LogP contribution in [0, 0.1) is 5.92 Å². The van der Waals surface area contributed by atoms with Crippen molar-refractivity contribution in [3.8, 4) is 11.3 Å². The molecule has 3 rings (SSSR count). The Hall–Kier alpha value is -3.77. The van der Waals surface area contributed by atoms with Crippen LogP contribution in [0.1, 0.15) is 37.7 Å². The number of pyridine rings is 1. The van der Waals surface area contributed by atoms with Gasteiger partial charge in [0.25, 0.3) is 5.91 Å². The van der Waals surface area contributed by atoms with Crippen LogP contribution in [0.4, 0.5) is 0 Å². The van der Waals surface area contributed by atoms with Gasteiger partial charge in [-0.05, 0) is 31.4 Å². The van der Waals surface area contributed by atoms with E-state index in [0.717, 1.165) is 5.56 Å². The topological polar surface area (TPSA) is 153 Å². The second kappa shape index (κ2) is 13.0. The van der Waals surface area contributed by atoms with E-state index in [2.05, 4.69) is 15.6 Å². The minimum atomic E-state index is -1.40. The lowest BCUT2D eigenvalue weighted by atomic mass is 9.73. The molecule has 0 spiro atoms. The summed E-state index contributed by atoms with van der Waals surface area (Å²) in [7, 11) is -1.40. The molecule has 1 fully saturated rings. The molecule has 1 aliphatic heterocycles. The summed E-state index contributed by atoms with van der Waals surface area (Å²) in [6.07, 6.45) is -1.00. The van der Waals surface area contributed by atoms with Crippen LogP contribution in [-0.2, 0) is 28.4 Å². The number of rotatable bonds is 9. The van der Waals surface area contributed by atoms with Crippen molar-refractivity contribution in [1.82, 2.24) is 15.6 Å². The second-order valence-corrected chi connectivity index (χ2v) is 9.05. The zero-order chi connectivity index (χ0) is 26.9. The molecule has 12 heteroatoms. The van der Waals surface area contributed by atoms with Crippen LogP contribution in [0.2, 0.25) is 0 Å². The third kappa shape index (κ3) is 8.12. The van der Waals surface area contributed by atoms with Crippen LogP contribution in [0.25, 0.3) is 11.3 Å². The number of nitrogens with one attached hydrogen (secondary N) is 2. The number of nitrogens with zero attached hydrogens (tertiary/aromatic N) is 1. The highest BCUT2D eigenvalue weighted by Crippen LogP contribution is 2.17. The Morgan fingerprint density at radius 2 is 1.62 bits per heavy atom. The number of aliphatic hydroxyl groups excluding tert-OH is 1. The van der Waals surface area contributed by atoms with Crippen molar-refractivity contribution in [1.29, 1.82) is 0 Å². The van der Waals surface area contributed by atoms with Crippen molar-refractivity contribution in [3.05, 3.63) is 54.2 Å². The molecule has 0 unspecified atom stereocenters. The van der Waals surface area contributed by atoms with E-state index in [1.165, 1.54) is 13.0 Å². The monoisotopic (exact) mass is 511 g/mol. The normalized spacial score (nSPS) is 16.5. The Morgan fingerprint density at radius 1 is 0.973 bits per heavy atom. The van der Waals surface area contributed by atoms with E-state index in [1.807, 2.05) is 44.2 Å². The summed E-state index contributed by atoms with van der Waals surface area (Å²) >= 11 is 0. The van der Waals surface area contributed by atoms with Gasteiger partial charge in [-0.15, -0.1) is 0 Å². The molecule has 2 heterocycles. The van der Waals surface area contributed by atoms with E-state index in [-0.39, 0.29) is 18.0 Å². The highest BCUT2D eigenvalue weighted by molar-refractivity contribution is 6.51. The summed E-state index contributed by atoms with van der Waals surface area (Å²) in [5.41, 5.74) is 1.44. The Morgan fingerprint density at radius 3 is 2.22 bits per heavy atom. The van der Waals surface area contributed by atoms with E-state index in [4.69, 9.17) is 14.0 Å². The Labute approximate surface area is 215 Å². The van der Waals surface area contributed by atoms with Crippen LogP contribution in [0.3, 0.4) is 0 Å². The fourth-order valence-corrected chi connectivity index (χ4v) is 3.70. The Bertz CT molecular complexity index is 1090. The summed E-state index contributed by atoms with van der Waals surface area (Å²) in [4.78, 5) is 54.4. The zero-order valence-electron chi connectivity index (χ0n) is 20.9. The van der Waals surface area contributed by atoms with Gasteiger partial charge in [0, 0.05) is 5.56 Å². The van der Waals surface area contributed by atoms with Crippen molar-refractivity contribution in [2.75, 3.05) is 13.2 Å². The summed E-state index contributed by atoms with van der Waals surface area (Å²) in [6, 6.07) is 12.8. The zero-order valence-corrected chi connectivity index (χ0v) is 20.9. The number of carbonyl (C=O) groups excluding carboxylic acids is 4. The number of ether oxygens (including phenoxy) is 1. The highest BCUT2D eigenvalue weighted by Gasteiger charge is 2.42. The van der Waals surface area contributed by atoms with Crippen LogP contribution < -0.4 is 10.6 Å². The molecule has 2 amide bonds. The molecule has 3 N–H and O–H groups in total. The van der Waals surface area contributed by atoms with Crippen LogP contribution in [0.15, 0.2) is 48.5 Å². The average Bonchev–Trinajstić information content (AvgIpc) is 2.85. The maximum absolute atomic E-state index is 13.2. The first-order valence-electron chi connectivity index (χ1n) is 11.9. The van der Waals surface area contributed by atoms with E-state index < -0.39 is 62.2 Å². The van der Waals surface area contributed by atoms with Gasteiger partial charge in [-0.3, -0.25) is 19.2 Å². The van der Waals surface area contributed by atoms with Crippen LogP contribution in [0.5, 0.6) is 0 Å². The highest BCUT2D eigenvalue weighted by atomic mass is 16.7. The van der Waals surface area contributed by atoms with Crippen LogP contribution in [-0.4, -0.2) is 72.3 Å². The van der Waals surface area contributed by atoms with Gasteiger partial charge >= 0.3 is 19.1 Å². The van der Waals surface area contributed by atoms with Crippen molar-refractivity contribution >= 4 is 30.9 Å². The largest absolute Gasteiger partial charge is 0.622 e. The third-order valence-electron chi connectivity index (χ3n) is 5.42. The molecule has 3 atom stereocenters. The fourth-order valence-electron chi connectivity index (χ4n) is 3.70. The van der Waals surface area contributed by atoms with Gasteiger partial charge in [-0.2, -0.15) is 0 Å². The van der Waals surface area contributed by atoms with Gasteiger partial charge in [-0.1, -0.05) is 50.2 Å². The summed E-state index contributed by atoms with van der Waals surface area (Å²) in [5, 5.41) is 15.5. The Kier molecular flexibility index (Phi) is 9.75. The first-order valence-corrected chi connectivity index (χ1v) is 11.9. The molecule has 11 nitrogen and oxygen atoms in total. The SMILES string of the molecule is CC(C)C[C@H](NC(=O)[C@@H](NC(=O)c1cccc(-c2ccccc2)n1)[C@@H](C)O)B1OC(=O)COCC(=O)O1. The van der Waals surface area contributed by atoms with Crippen molar-refractivity contribution < 1.29 is 38.3 Å². The molecular formula is C25H30BN3O8. The maximum Gasteiger partial charge on any atom is 0.622 e.